The number of hydrogen-bond acceptors (Lipinski definition) is 2. The van der Waals surface area contributed by atoms with Crippen LogP contribution in [0, 0.1) is 6.92 Å². The third kappa shape index (κ3) is 3.32. The van der Waals surface area contributed by atoms with Gasteiger partial charge in [-0.15, -0.1) is 0 Å². The van der Waals surface area contributed by atoms with Gasteiger partial charge in [-0.05, 0) is 37.1 Å². The van der Waals surface area contributed by atoms with Crippen LogP contribution in [0.25, 0.3) is 0 Å². The standard InChI is InChI=1S/C12H17BrN2O/c1-3-6-15-11(12(14)16)9-5-4-8(2)10(13)7-9/h4-5,7,11,15H,3,6H2,1-2H3,(H2,14,16). The number of rotatable bonds is 5. The highest BCUT2D eigenvalue weighted by atomic mass is 79.9. The van der Waals surface area contributed by atoms with Gasteiger partial charge in [-0.1, -0.05) is 35.0 Å². The number of nitrogens with two attached hydrogens (primary N) is 1. The van der Waals surface area contributed by atoms with E-state index in [-0.39, 0.29) is 5.91 Å². The molecule has 1 amide bonds. The van der Waals surface area contributed by atoms with Gasteiger partial charge < -0.3 is 11.1 Å². The molecule has 0 fully saturated rings. The van der Waals surface area contributed by atoms with Crippen LogP contribution in [0.2, 0.25) is 0 Å². The maximum Gasteiger partial charge on any atom is 0.239 e. The second kappa shape index (κ2) is 6.01. The van der Waals surface area contributed by atoms with Crippen LogP contribution in [0.1, 0.15) is 30.5 Å². The van der Waals surface area contributed by atoms with Crippen molar-refractivity contribution >= 4 is 21.8 Å². The Hall–Kier alpha value is -0.870. The fraction of sp³-hybridized carbons (Fsp3) is 0.417. The van der Waals surface area contributed by atoms with Crippen molar-refractivity contribution in [3.8, 4) is 0 Å². The summed E-state index contributed by atoms with van der Waals surface area (Å²) in [6.07, 6.45) is 0.969. The SMILES string of the molecule is CCCNC(C(N)=O)c1ccc(C)c(Br)c1. The van der Waals surface area contributed by atoms with Gasteiger partial charge in [0.25, 0.3) is 0 Å². The fourth-order valence-corrected chi connectivity index (χ4v) is 1.86. The molecule has 4 heteroatoms. The predicted molar refractivity (Wildman–Crippen MR) is 69.1 cm³/mol. The second-order valence-corrected chi connectivity index (χ2v) is 4.65. The molecule has 88 valence electrons. The minimum atomic E-state index is -0.406. The van der Waals surface area contributed by atoms with Gasteiger partial charge in [0.1, 0.15) is 6.04 Å². The topological polar surface area (TPSA) is 55.1 Å². The molecule has 0 radical (unpaired) electrons. The van der Waals surface area contributed by atoms with Crippen molar-refractivity contribution in [2.24, 2.45) is 5.73 Å². The Morgan fingerprint density at radius 1 is 1.56 bits per heavy atom. The van der Waals surface area contributed by atoms with Crippen molar-refractivity contribution in [3.63, 3.8) is 0 Å². The maximum atomic E-state index is 11.3. The Bertz CT molecular complexity index is 379. The number of halogens is 1. The van der Waals surface area contributed by atoms with E-state index in [0.717, 1.165) is 28.6 Å². The highest BCUT2D eigenvalue weighted by Crippen LogP contribution is 2.21. The Morgan fingerprint density at radius 2 is 2.25 bits per heavy atom. The van der Waals surface area contributed by atoms with E-state index in [2.05, 4.69) is 28.2 Å². The summed E-state index contributed by atoms with van der Waals surface area (Å²) in [4.78, 5) is 11.3. The molecule has 0 aliphatic heterocycles. The van der Waals surface area contributed by atoms with Crippen LogP contribution in [0.5, 0.6) is 0 Å². The molecule has 1 rings (SSSR count). The maximum absolute atomic E-state index is 11.3. The molecule has 1 aromatic carbocycles. The highest BCUT2D eigenvalue weighted by molar-refractivity contribution is 9.10. The Labute approximate surface area is 105 Å². The van der Waals surface area contributed by atoms with E-state index in [9.17, 15) is 4.79 Å². The van der Waals surface area contributed by atoms with Crippen LogP contribution >= 0.6 is 15.9 Å². The second-order valence-electron chi connectivity index (χ2n) is 3.80. The predicted octanol–water partition coefficient (Wildman–Crippen LogP) is 2.28. The summed E-state index contributed by atoms with van der Waals surface area (Å²) in [5.41, 5.74) is 7.42. The number of carbonyl (C=O) groups is 1. The first-order valence-electron chi connectivity index (χ1n) is 5.35. The molecular weight excluding hydrogens is 268 g/mol. The van der Waals surface area contributed by atoms with Crippen LogP contribution in [0.15, 0.2) is 22.7 Å². The van der Waals surface area contributed by atoms with E-state index >= 15 is 0 Å². The first kappa shape index (κ1) is 13.2. The summed E-state index contributed by atoms with van der Waals surface area (Å²) in [6.45, 7) is 4.84. The molecule has 0 aliphatic rings. The summed E-state index contributed by atoms with van der Waals surface area (Å²) < 4.78 is 0.995. The quantitative estimate of drug-likeness (QED) is 0.872. The number of hydrogen-bond donors (Lipinski definition) is 2. The van der Waals surface area contributed by atoms with E-state index in [1.54, 1.807) is 0 Å². The van der Waals surface area contributed by atoms with Gasteiger partial charge in [-0.25, -0.2) is 0 Å². The molecule has 0 aliphatic carbocycles. The normalized spacial score (nSPS) is 12.4. The zero-order valence-corrected chi connectivity index (χ0v) is 11.2. The zero-order chi connectivity index (χ0) is 12.1. The number of amides is 1. The molecule has 1 unspecified atom stereocenters. The molecule has 0 spiro atoms. The highest BCUT2D eigenvalue weighted by Gasteiger charge is 2.16. The third-order valence-electron chi connectivity index (χ3n) is 2.41. The van der Waals surface area contributed by atoms with Gasteiger partial charge in [0.05, 0.1) is 0 Å². The average molecular weight is 285 g/mol. The first-order chi connectivity index (χ1) is 7.56. The fourth-order valence-electron chi connectivity index (χ4n) is 1.46. The Balaban J connectivity index is 2.92. The summed E-state index contributed by atoms with van der Waals surface area (Å²) in [6, 6.07) is 5.44. The molecule has 0 heterocycles. The molecule has 0 bridgehead atoms. The lowest BCUT2D eigenvalue weighted by molar-refractivity contribution is -0.120. The Kier molecular flexibility index (Phi) is 4.96. The molecular formula is C12H17BrN2O. The Morgan fingerprint density at radius 3 is 2.75 bits per heavy atom. The smallest absolute Gasteiger partial charge is 0.239 e. The summed E-state index contributed by atoms with van der Waals surface area (Å²) in [5.74, 6) is -0.343. The zero-order valence-electron chi connectivity index (χ0n) is 9.59. The van der Waals surface area contributed by atoms with Gasteiger partial charge in [0.15, 0.2) is 0 Å². The van der Waals surface area contributed by atoms with Crippen LogP contribution in [0.4, 0.5) is 0 Å². The van der Waals surface area contributed by atoms with Crippen molar-refractivity contribution in [1.29, 1.82) is 0 Å². The molecule has 0 aromatic heterocycles. The number of benzene rings is 1. The third-order valence-corrected chi connectivity index (χ3v) is 3.27. The van der Waals surface area contributed by atoms with Gasteiger partial charge in [0.2, 0.25) is 5.91 Å². The van der Waals surface area contributed by atoms with Gasteiger partial charge in [-0.3, -0.25) is 4.79 Å². The van der Waals surface area contributed by atoms with Crippen LogP contribution in [-0.4, -0.2) is 12.5 Å². The van der Waals surface area contributed by atoms with E-state index < -0.39 is 6.04 Å². The lowest BCUT2D eigenvalue weighted by Crippen LogP contribution is -2.34. The van der Waals surface area contributed by atoms with Crippen LogP contribution in [-0.2, 0) is 4.79 Å². The lowest BCUT2D eigenvalue weighted by atomic mass is 10.0. The van der Waals surface area contributed by atoms with Crippen molar-refractivity contribution in [3.05, 3.63) is 33.8 Å². The number of aryl methyl sites for hydroxylation is 1. The van der Waals surface area contributed by atoms with E-state index in [4.69, 9.17) is 5.73 Å². The van der Waals surface area contributed by atoms with Crippen LogP contribution < -0.4 is 11.1 Å². The lowest BCUT2D eigenvalue weighted by Gasteiger charge is -2.16. The number of primary amides is 1. The van der Waals surface area contributed by atoms with E-state index in [1.165, 1.54) is 0 Å². The summed E-state index contributed by atoms with van der Waals surface area (Å²) in [5, 5.41) is 3.14. The first-order valence-corrected chi connectivity index (χ1v) is 6.14. The monoisotopic (exact) mass is 284 g/mol. The van der Waals surface area contributed by atoms with Crippen molar-refractivity contribution in [1.82, 2.24) is 5.32 Å². The van der Waals surface area contributed by atoms with Crippen LogP contribution in [0.3, 0.4) is 0 Å². The van der Waals surface area contributed by atoms with Gasteiger partial charge in [0, 0.05) is 4.47 Å². The van der Waals surface area contributed by atoms with Crippen molar-refractivity contribution < 1.29 is 4.79 Å². The molecule has 16 heavy (non-hydrogen) atoms. The summed E-state index contributed by atoms with van der Waals surface area (Å²) >= 11 is 3.45. The molecule has 0 saturated heterocycles. The average Bonchev–Trinajstić information content (AvgIpc) is 2.23. The van der Waals surface area contributed by atoms with Crippen molar-refractivity contribution in [2.75, 3.05) is 6.54 Å². The minimum Gasteiger partial charge on any atom is -0.368 e. The molecule has 1 aromatic rings. The molecule has 1 atom stereocenters. The molecule has 3 N–H and O–H groups in total. The van der Waals surface area contributed by atoms with E-state index in [0.29, 0.717) is 0 Å². The number of nitrogens with one attached hydrogen (secondary N) is 1. The largest absolute Gasteiger partial charge is 0.368 e. The molecule has 0 saturated carbocycles. The van der Waals surface area contributed by atoms with Gasteiger partial charge in [-0.2, -0.15) is 0 Å². The number of carbonyl (C=O) groups excluding carboxylic acids is 1. The molecule has 3 nitrogen and oxygen atoms in total. The van der Waals surface area contributed by atoms with Gasteiger partial charge >= 0.3 is 0 Å². The summed E-state index contributed by atoms with van der Waals surface area (Å²) in [7, 11) is 0. The minimum absolute atomic E-state index is 0.343. The van der Waals surface area contributed by atoms with E-state index in [1.807, 2.05) is 25.1 Å². The van der Waals surface area contributed by atoms with Crippen molar-refractivity contribution in [2.45, 2.75) is 26.3 Å².